The highest BCUT2D eigenvalue weighted by atomic mass is 15.1. The van der Waals surface area contributed by atoms with E-state index >= 15 is 0 Å². The van der Waals surface area contributed by atoms with Crippen LogP contribution in [0.15, 0.2) is 170 Å². The predicted octanol–water partition coefficient (Wildman–Crippen LogP) is 11.6. The van der Waals surface area contributed by atoms with Crippen LogP contribution in [0.4, 0.5) is 17.1 Å². The third-order valence-electron chi connectivity index (χ3n) is 8.36. The average Bonchev–Trinajstić information content (AvgIpc) is 3.43. The van der Waals surface area contributed by atoms with E-state index in [9.17, 15) is 0 Å². The van der Waals surface area contributed by atoms with Crippen LogP contribution in [0.3, 0.4) is 0 Å². The van der Waals surface area contributed by atoms with Crippen molar-refractivity contribution in [3.05, 3.63) is 181 Å². The van der Waals surface area contributed by atoms with Crippen molar-refractivity contribution >= 4 is 61.8 Å². The Kier molecular flexibility index (Phi) is 6.51. The largest absolute Gasteiger partial charge is 0.310 e. The molecule has 0 atom stereocenters. The number of rotatable bonds is 6. The van der Waals surface area contributed by atoms with Gasteiger partial charge in [0.25, 0.3) is 0 Å². The van der Waals surface area contributed by atoms with Gasteiger partial charge in [-0.2, -0.15) is 0 Å². The van der Waals surface area contributed by atoms with E-state index in [2.05, 4.69) is 185 Å². The van der Waals surface area contributed by atoms with Crippen molar-refractivity contribution in [2.75, 3.05) is 4.90 Å². The van der Waals surface area contributed by atoms with Gasteiger partial charge in [-0.05, 0) is 71.1 Å². The zero-order valence-corrected chi connectivity index (χ0v) is 24.2. The smallest absolute Gasteiger partial charge is 0.0542 e. The van der Waals surface area contributed by atoms with Crippen molar-refractivity contribution in [1.29, 1.82) is 0 Å². The number of hydrogen-bond acceptors (Lipinski definition) is 1. The minimum Gasteiger partial charge on any atom is -0.310 e. The first-order valence-corrected chi connectivity index (χ1v) is 15.0. The lowest BCUT2D eigenvalue weighted by Gasteiger charge is -2.27. The van der Waals surface area contributed by atoms with Crippen molar-refractivity contribution in [2.24, 2.45) is 0 Å². The number of hydrogen-bond donors (Lipinski definition) is 0. The quantitative estimate of drug-likeness (QED) is 0.183. The third-order valence-corrected chi connectivity index (χ3v) is 8.36. The van der Waals surface area contributed by atoms with E-state index in [1.54, 1.807) is 0 Å². The molecule has 0 amide bonds. The van der Waals surface area contributed by atoms with Crippen LogP contribution < -0.4 is 4.90 Å². The van der Waals surface area contributed by atoms with Crippen LogP contribution in [0.25, 0.3) is 50.4 Å². The Hall–Kier alpha value is -5.86. The van der Waals surface area contributed by atoms with Gasteiger partial charge in [-0.25, -0.2) is 0 Å². The van der Waals surface area contributed by atoms with Crippen LogP contribution in [0.1, 0.15) is 11.1 Å². The van der Waals surface area contributed by atoms with Crippen LogP contribution in [-0.4, -0.2) is 4.57 Å². The van der Waals surface area contributed by atoms with E-state index in [-0.39, 0.29) is 0 Å². The summed E-state index contributed by atoms with van der Waals surface area (Å²) in [5.74, 6) is 0. The maximum Gasteiger partial charge on any atom is 0.0542 e. The number of anilines is 3. The second-order valence-electron chi connectivity index (χ2n) is 11.1. The summed E-state index contributed by atoms with van der Waals surface area (Å²) in [5, 5.41) is 4.91. The van der Waals surface area contributed by atoms with Gasteiger partial charge in [0.05, 0.1) is 16.7 Å². The Morgan fingerprint density at radius 2 is 1.00 bits per heavy atom. The lowest BCUT2D eigenvalue weighted by molar-refractivity contribution is 1.18. The second kappa shape index (κ2) is 11.1. The number of benzene rings is 7. The number of para-hydroxylation sites is 2. The van der Waals surface area contributed by atoms with Gasteiger partial charge >= 0.3 is 0 Å². The number of nitrogens with zero attached hydrogens (tertiary/aromatic N) is 2. The van der Waals surface area contributed by atoms with Gasteiger partial charge in [-0.3, -0.25) is 0 Å². The molecule has 0 spiro atoms. The second-order valence-corrected chi connectivity index (χ2v) is 11.1. The van der Waals surface area contributed by atoms with Gasteiger partial charge < -0.3 is 9.47 Å². The van der Waals surface area contributed by atoms with Crippen LogP contribution in [0.5, 0.6) is 0 Å². The van der Waals surface area contributed by atoms with Gasteiger partial charge in [0, 0.05) is 33.2 Å². The standard InChI is InChI=1S/C42H30N2/c1-3-12-31(13-4-1)22-23-32-24-26-35(27-25-32)43(40-21-11-15-33-14-7-8-18-37(33)40)36-28-29-42-39(30-36)38-19-9-10-20-41(38)44(42)34-16-5-2-6-17-34/h1-30H/b23-22+. The van der Waals surface area contributed by atoms with Crippen molar-refractivity contribution in [3.63, 3.8) is 0 Å². The molecule has 0 aliphatic carbocycles. The van der Waals surface area contributed by atoms with Crippen molar-refractivity contribution in [2.45, 2.75) is 0 Å². The van der Waals surface area contributed by atoms with E-state index in [4.69, 9.17) is 0 Å². The monoisotopic (exact) mass is 562 g/mol. The van der Waals surface area contributed by atoms with Crippen LogP contribution >= 0.6 is 0 Å². The fourth-order valence-electron chi connectivity index (χ4n) is 6.28. The molecule has 0 bridgehead atoms. The Bertz CT molecular complexity index is 2250. The molecule has 8 rings (SSSR count). The molecule has 44 heavy (non-hydrogen) atoms. The Balaban J connectivity index is 1.30. The molecule has 208 valence electrons. The maximum atomic E-state index is 2.39. The molecule has 0 aliphatic heterocycles. The molecule has 1 aromatic heterocycles. The van der Waals surface area contributed by atoms with Crippen molar-refractivity contribution in [3.8, 4) is 5.69 Å². The van der Waals surface area contributed by atoms with E-state index in [0.29, 0.717) is 0 Å². The van der Waals surface area contributed by atoms with E-state index in [0.717, 1.165) is 28.3 Å². The van der Waals surface area contributed by atoms with Gasteiger partial charge in [-0.15, -0.1) is 0 Å². The summed E-state index contributed by atoms with van der Waals surface area (Å²) in [5.41, 5.74) is 9.31. The zero-order valence-electron chi connectivity index (χ0n) is 24.2. The van der Waals surface area contributed by atoms with E-state index in [1.165, 1.54) is 38.1 Å². The Morgan fingerprint density at radius 3 is 1.80 bits per heavy atom. The van der Waals surface area contributed by atoms with Gasteiger partial charge in [0.15, 0.2) is 0 Å². The highest BCUT2D eigenvalue weighted by molar-refractivity contribution is 6.11. The summed E-state index contributed by atoms with van der Waals surface area (Å²) in [6.45, 7) is 0. The van der Waals surface area contributed by atoms with Crippen LogP contribution in [0, 0.1) is 0 Å². The van der Waals surface area contributed by atoms with E-state index in [1.807, 2.05) is 6.07 Å². The average molecular weight is 563 g/mol. The van der Waals surface area contributed by atoms with Crippen LogP contribution in [-0.2, 0) is 0 Å². The Labute approximate surface area is 257 Å². The van der Waals surface area contributed by atoms with Crippen molar-refractivity contribution in [1.82, 2.24) is 4.57 Å². The lowest BCUT2D eigenvalue weighted by atomic mass is 10.0. The first kappa shape index (κ1) is 25.8. The summed E-state index contributed by atoms with van der Waals surface area (Å²) in [6, 6.07) is 60.7. The van der Waals surface area contributed by atoms with Gasteiger partial charge in [0.2, 0.25) is 0 Å². The molecule has 0 saturated heterocycles. The SMILES string of the molecule is C(=C\c1ccc(N(c2ccc3c(c2)c2ccccc2n3-c2ccccc2)c2cccc3ccccc23)cc1)/c1ccccc1. The van der Waals surface area contributed by atoms with Crippen molar-refractivity contribution < 1.29 is 0 Å². The first-order chi connectivity index (χ1) is 21.8. The molecule has 0 fully saturated rings. The maximum absolute atomic E-state index is 2.39. The summed E-state index contributed by atoms with van der Waals surface area (Å²) >= 11 is 0. The fourth-order valence-corrected chi connectivity index (χ4v) is 6.28. The Morgan fingerprint density at radius 1 is 0.409 bits per heavy atom. The molecular formula is C42H30N2. The third kappa shape index (κ3) is 4.63. The zero-order chi connectivity index (χ0) is 29.3. The summed E-state index contributed by atoms with van der Waals surface area (Å²) in [4.78, 5) is 2.39. The normalized spacial score (nSPS) is 11.5. The lowest BCUT2D eigenvalue weighted by Crippen LogP contribution is -2.10. The van der Waals surface area contributed by atoms with Gasteiger partial charge in [0.1, 0.15) is 0 Å². The molecule has 0 radical (unpaired) electrons. The topological polar surface area (TPSA) is 8.17 Å². The number of fused-ring (bicyclic) bond motifs is 4. The molecule has 7 aromatic carbocycles. The summed E-state index contributed by atoms with van der Waals surface area (Å²) in [6.07, 6.45) is 4.33. The summed E-state index contributed by atoms with van der Waals surface area (Å²) in [7, 11) is 0. The molecule has 8 aromatic rings. The molecule has 2 nitrogen and oxygen atoms in total. The molecular weight excluding hydrogens is 532 g/mol. The fraction of sp³-hybridized carbons (Fsp3) is 0. The molecule has 1 heterocycles. The molecule has 0 aliphatic rings. The van der Waals surface area contributed by atoms with Gasteiger partial charge in [-0.1, -0.05) is 127 Å². The summed E-state index contributed by atoms with van der Waals surface area (Å²) < 4.78 is 2.37. The molecule has 0 N–H and O–H groups in total. The highest BCUT2D eigenvalue weighted by Crippen LogP contribution is 2.42. The highest BCUT2D eigenvalue weighted by Gasteiger charge is 2.18. The molecule has 0 saturated carbocycles. The number of aromatic nitrogens is 1. The minimum absolute atomic E-state index is 1.12. The molecule has 0 unspecified atom stereocenters. The first-order valence-electron chi connectivity index (χ1n) is 15.0. The molecule has 2 heteroatoms. The predicted molar refractivity (Wildman–Crippen MR) is 188 cm³/mol. The van der Waals surface area contributed by atoms with E-state index < -0.39 is 0 Å². The van der Waals surface area contributed by atoms with Crippen LogP contribution in [0.2, 0.25) is 0 Å². The minimum atomic E-state index is 1.12.